The van der Waals surface area contributed by atoms with Gasteiger partial charge in [0.2, 0.25) is 0 Å². The Kier molecular flexibility index (Phi) is 5.26. The fourth-order valence-electron chi connectivity index (χ4n) is 2.07. The Labute approximate surface area is 130 Å². The number of aryl methyl sites for hydroxylation is 1. The highest BCUT2D eigenvalue weighted by Gasteiger charge is 2.09. The fourth-order valence-corrected chi connectivity index (χ4v) is 2.07. The molecule has 0 atom stereocenters. The number of esters is 1. The highest BCUT2D eigenvalue weighted by atomic mass is 16.5. The minimum Gasteiger partial charge on any atom is -0.423 e. The molecular weight excluding hydrogens is 276 g/mol. The van der Waals surface area contributed by atoms with E-state index in [0.29, 0.717) is 16.9 Å². The molecule has 0 aliphatic rings. The lowest BCUT2D eigenvalue weighted by molar-refractivity contribution is 0.0734. The second kappa shape index (κ2) is 7.36. The molecule has 0 aliphatic heterocycles. The molecule has 0 saturated heterocycles. The number of benzene rings is 2. The summed E-state index contributed by atoms with van der Waals surface area (Å²) in [5.41, 5.74) is 2.22. The van der Waals surface area contributed by atoms with Crippen LogP contribution in [-0.4, -0.2) is 11.8 Å². The summed E-state index contributed by atoms with van der Waals surface area (Å²) in [4.78, 5) is 23.5. The lowest BCUT2D eigenvalue weighted by Gasteiger charge is -2.06. The predicted octanol–water partition coefficient (Wildman–Crippen LogP) is 4.23. The van der Waals surface area contributed by atoms with Crippen LogP contribution in [0.15, 0.2) is 61.2 Å². The van der Waals surface area contributed by atoms with Gasteiger partial charge in [-0.25, -0.2) is 4.79 Å². The summed E-state index contributed by atoms with van der Waals surface area (Å²) in [5, 5.41) is 0. The van der Waals surface area contributed by atoms with E-state index in [0.717, 1.165) is 12.8 Å². The van der Waals surface area contributed by atoms with Gasteiger partial charge in [0.15, 0.2) is 5.78 Å². The first-order chi connectivity index (χ1) is 10.6. The number of hydrogen-bond donors (Lipinski definition) is 0. The highest BCUT2D eigenvalue weighted by molar-refractivity contribution is 6.04. The van der Waals surface area contributed by atoms with Crippen LogP contribution in [0.3, 0.4) is 0 Å². The average molecular weight is 294 g/mol. The van der Waals surface area contributed by atoms with E-state index in [1.54, 1.807) is 36.4 Å². The Morgan fingerprint density at radius 3 is 2.14 bits per heavy atom. The number of rotatable bonds is 6. The molecule has 2 aromatic carbocycles. The molecule has 0 unspecified atom stereocenters. The van der Waals surface area contributed by atoms with E-state index in [2.05, 4.69) is 13.5 Å². The van der Waals surface area contributed by atoms with Gasteiger partial charge in [-0.3, -0.25) is 4.79 Å². The number of ether oxygens (including phenoxy) is 1. The van der Waals surface area contributed by atoms with Gasteiger partial charge >= 0.3 is 5.97 Å². The minimum atomic E-state index is -0.411. The number of ketones is 1. The third kappa shape index (κ3) is 3.92. The van der Waals surface area contributed by atoms with Crippen LogP contribution in [0.5, 0.6) is 5.75 Å². The van der Waals surface area contributed by atoms with Gasteiger partial charge in [-0.05, 0) is 54.5 Å². The Morgan fingerprint density at radius 1 is 1.00 bits per heavy atom. The zero-order valence-electron chi connectivity index (χ0n) is 12.5. The quantitative estimate of drug-likeness (QED) is 0.346. The summed E-state index contributed by atoms with van der Waals surface area (Å²) >= 11 is 0. The Hall–Kier alpha value is -2.68. The summed E-state index contributed by atoms with van der Waals surface area (Å²) in [5.74, 6) is -0.168. The van der Waals surface area contributed by atoms with Crippen molar-refractivity contribution < 1.29 is 14.3 Å². The van der Waals surface area contributed by atoms with Gasteiger partial charge in [-0.2, -0.15) is 0 Å². The molecule has 0 bridgehead atoms. The Morgan fingerprint density at radius 2 is 1.59 bits per heavy atom. The molecule has 0 saturated carbocycles. The number of carbonyl (C=O) groups excluding carboxylic acids is 2. The maximum absolute atomic E-state index is 12.1. The van der Waals surface area contributed by atoms with Crippen molar-refractivity contribution in [1.82, 2.24) is 0 Å². The van der Waals surface area contributed by atoms with Gasteiger partial charge in [-0.1, -0.05) is 32.1 Å². The summed E-state index contributed by atoms with van der Waals surface area (Å²) in [6.45, 7) is 5.55. The maximum atomic E-state index is 12.1. The standard InChI is InChI=1S/C19H18O3/c1-3-5-14-6-8-16(9-7-14)19(21)22-17-12-10-15(11-13-17)18(20)4-2/h4,6-13H,2-3,5H2,1H3. The summed E-state index contributed by atoms with van der Waals surface area (Å²) in [6.07, 6.45) is 3.31. The van der Waals surface area contributed by atoms with E-state index in [4.69, 9.17) is 4.74 Å². The third-order valence-corrected chi connectivity index (χ3v) is 3.26. The molecule has 2 rings (SSSR count). The van der Waals surface area contributed by atoms with Crippen molar-refractivity contribution in [3.63, 3.8) is 0 Å². The number of carbonyl (C=O) groups is 2. The second-order valence-electron chi connectivity index (χ2n) is 4.93. The monoisotopic (exact) mass is 294 g/mol. The fraction of sp³-hybridized carbons (Fsp3) is 0.158. The van der Waals surface area contributed by atoms with Crippen LogP contribution < -0.4 is 4.74 Å². The number of allylic oxidation sites excluding steroid dienone is 1. The van der Waals surface area contributed by atoms with Crippen molar-refractivity contribution in [3.8, 4) is 5.75 Å². The van der Waals surface area contributed by atoms with Crippen molar-refractivity contribution in [2.24, 2.45) is 0 Å². The maximum Gasteiger partial charge on any atom is 0.343 e. The molecule has 0 amide bonds. The van der Waals surface area contributed by atoms with E-state index in [1.807, 2.05) is 12.1 Å². The molecule has 112 valence electrons. The molecule has 0 N–H and O–H groups in total. The van der Waals surface area contributed by atoms with E-state index in [-0.39, 0.29) is 5.78 Å². The highest BCUT2D eigenvalue weighted by Crippen LogP contribution is 2.15. The van der Waals surface area contributed by atoms with Crippen LogP contribution in [-0.2, 0) is 6.42 Å². The van der Waals surface area contributed by atoms with Crippen LogP contribution in [0.25, 0.3) is 0 Å². The molecule has 3 heteroatoms. The topological polar surface area (TPSA) is 43.4 Å². The molecule has 2 aromatic rings. The molecule has 0 fully saturated rings. The van der Waals surface area contributed by atoms with Crippen molar-refractivity contribution in [2.75, 3.05) is 0 Å². The smallest absolute Gasteiger partial charge is 0.343 e. The predicted molar refractivity (Wildman–Crippen MR) is 86.4 cm³/mol. The van der Waals surface area contributed by atoms with Gasteiger partial charge in [0.05, 0.1) is 5.56 Å². The number of hydrogen-bond acceptors (Lipinski definition) is 3. The molecule has 0 aromatic heterocycles. The SMILES string of the molecule is C=CC(=O)c1ccc(OC(=O)c2ccc(CCC)cc2)cc1. The molecule has 0 heterocycles. The van der Waals surface area contributed by atoms with E-state index in [1.165, 1.54) is 11.6 Å². The first-order valence-corrected chi connectivity index (χ1v) is 7.22. The summed E-state index contributed by atoms with van der Waals surface area (Å²) in [7, 11) is 0. The molecule has 0 radical (unpaired) electrons. The first-order valence-electron chi connectivity index (χ1n) is 7.22. The van der Waals surface area contributed by atoms with E-state index in [9.17, 15) is 9.59 Å². The van der Waals surface area contributed by atoms with Crippen molar-refractivity contribution in [1.29, 1.82) is 0 Å². The van der Waals surface area contributed by atoms with Crippen molar-refractivity contribution in [2.45, 2.75) is 19.8 Å². The van der Waals surface area contributed by atoms with Crippen LogP contribution in [0.2, 0.25) is 0 Å². The average Bonchev–Trinajstić information content (AvgIpc) is 2.55. The minimum absolute atomic E-state index is 0.163. The molecule has 0 spiro atoms. The molecule has 0 aliphatic carbocycles. The summed E-state index contributed by atoms with van der Waals surface area (Å²) < 4.78 is 5.29. The van der Waals surface area contributed by atoms with Crippen molar-refractivity contribution >= 4 is 11.8 Å². The molecule has 3 nitrogen and oxygen atoms in total. The zero-order chi connectivity index (χ0) is 15.9. The third-order valence-electron chi connectivity index (χ3n) is 3.26. The summed E-state index contributed by atoms with van der Waals surface area (Å²) in [6, 6.07) is 13.8. The van der Waals surface area contributed by atoms with Gasteiger partial charge in [-0.15, -0.1) is 0 Å². The zero-order valence-corrected chi connectivity index (χ0v) is 12.5. The van der Waals surface area contributed by atoms with Gasteiger partial charge < -0.3 is 4.74 Å². The lowest BCUT2D eigenvalue weighted by Crippen LogP contribution is -2.08. The normalized spacial score (nSPS) is 10.0. The Bertz CT molecular complexity index is 667. The van der Waals surface area contributed by atoms with Gasteiger partial charge in [0.25, 0.3) is 0 Å². The van der Waals surface area contributed by atoms with Crippen molar-refractivity contribution in [3.05, 3.63) is 77.9 Å². The molecule has 22 heavy (non-hydrogen) atoms. The van der Waals surface area contributed by atoms with Crippen LogP contribution in [0.4, 0.5) is 0 Å². The van der Waals surface area contributed by atoms with E-state index >= 15 is 0 Å². The molecular formula is C19H18O3. The van der Waals surface area contributed by atoms with Gasteiger partial charge in [0, 0.05) is 5.56 Å². The largest absolute Gasteiger partial charge is 0.423 e. The second-order valence-corrected chi connectivity index (χ2v) is 4.93. The van der Waals surface area contributed by atoms with Crippen LogP contribution in [0, 0.1) is 0 Å². The van der Waals surface area contributed by atoms with Crippen LogP contribution in [0.1, 0.15) is 39.6 Å². The Balaban J connectivity index is 2.05. The van der Waals surface area contributed by atoms with Gasteiger partial charge in [0.1, 0.15) is 5.75 Å². The lowest BCUT2D eigenvalue weighted by atomic mass is 10.1. The first kappa shape index (κ1) is 15.7. The van der Waals surface area contributed by atoms with E-state index < -0.39 is 5.97 Å². The van der Waals surface area contributed by atoms with Crippen LogP contribution >= 0.6 is 0 Å².